The average Bonchev–Trinajstić information content (AvgIpc) is 2.74. The van der Waals surface area contributed by atoms with Gasteiger partial charge in [-0.25, -0.2) is 9.97 Å². The van der Waals surface area contributed by atoms with Crippen molar-refractivity contribution in [3.8, 4) is 0 Å². The van der Waals surface area contributed by atoms with Crippen molar-refractivity contribution < 1.29 is 4.74 Å². The first-order chi connectivity index (χ1) is 10.1. The van der Waals surface area contributed by atoms with E-state index in [2.05, 4.69) is 29.0 Å². The lowest BCUT2D eigenvalue weighted by Crippen LogP contribution is -2.53. The largest absolute Gasteiger partial charge is 0.383 e. The van der Waals surface area contributed by atoms with Crippen LogP contribution in [-0.2, 0) is 4.74 Å². The second kappa shape index (κ2) is 5.87. The molecule has 21 heavy (non-hydrogen) atoms. The summed E-state index contributed by atoms with van der Waals surface area (Å²) < 4.78 is 5.39. The van der Waals surface area contributed by atoms with Crippen molar-refractivity contribution in [3.05, 3.63) is 16.3 Å². The van der Waals surface area contributed by atoms with Crippen LogP contribution in [0.2, 0.25) is 0 Å². The van der Waals surface area contributed by atoms with Crippen LogP contribution < -0.4 is 10.2 Å². The first-order valence-electron chi connectivity index (χ1n) is 7.32. The molecular weight excluding hydrogens is 284 g/mol. The van der Waals surface area contributed by atoms with E-state index in [4.69, 9.17) is 9.72 Å². The van der Waals surface area contributed by atoms with Crippen LogP contribution in [0.5, 0.6) is 0 Å². The van der Waals surface area contributed by atoms with Crippen molar-refractivity contribution in [1.82, 2.24) is 15.3 Å². The zero-order valence-corrected chi connectivity index (χ0v) is 13.9. The molecule has 1 unspecified atom stereocenters. The number of aromatic nitrogens is 2. The van der Waals surface area contributed by atoms with Crippen molar-refractivity contribution in [1.29, 1.82) is 0 Å². The first kappa shape index (κ1) is 14.7. The molecule has 0 radical (unpaired) electrons. The summed E-state index contributed by atoms with van der Waals surface area (Å²) in [6.45, 7) is 9.87. The summed E-state index contributed by atoms with van der Waals surface area (Å²) in [5.74, 6) is 1.91. The lowest BCUT2D eigenvalue weighted by atomic mass is 10.1. The fraction of sp³-hybridized carbons (Fsp3) is 0.600. The molecule has 0 aliphatic carbocycles. The Balaban J connectivity index is 2.13. The van der Waals surface area contributed by atoms with Crippen LogP contribution in [0.4, 0.5) is 5.82 Å². The van der Waals surface area contributed by atoms with Crippen LogP contribution in [0.15, 0.2) is 0 Å². The molecule has 1 N–H and O–H groups in total. The number of nitrogens with one attached hydrogen (secondary N) is 1. The number of anilines is 1. The minimum atomic E-state index is 0.320. The Morgan fingerprint density at radius 3 is 2.90 bits per heavy atom. The van der Waals surface area contributed by atoms with E-state index in [0.717, 1.165) is 36.1 Å². The van der Waals surface area contributed by atoms with E-state index >= 15 is 0 Å². The molecule has 2 aromatic rings. The normalized spacial score (nSPS) is 19.4. The van der Waals surface area contributed by atoms with E-state index in [9.17, 15) is 0 Å². The number of nitrogens with zero attached hydrogens (tertiary/aromatic N) is 3. The summed E-state index contributed by atoms with van der Waals surface area (Å²) >= 11 is 1.76. The molecule has 0 saturated carbocycles. The number of methoxy groups -OCH3 is 1. The molecule has 0 spiro atoms. The highest BCUT2D eigenvalue weighted by molar-refractivity contribution is 7.18. The molecule has 3 heterocycles. The highest BCUT2D eigenvalue weighted by Crippen LogP contribution is 2.35. The van der Waals surface area contributed by atoms with E-state index in [0.29, 0.717) is 12.6 Å². The van der Waals surface area contributed by atoms with Crippen molar-refractivity contribution in [2.24, 2.45) is 0 Å². The van der Waals surface area contributed by atoms with E-state index in [1.807, 2.05) is 6.92 Å². The number of aryl methyl sites for hydroxylation is 3. The second-order valence-electron chi connectivity index (χ2n) is 5.56. The molecule has 6 heteroatoms. The number of rotatable bonds is 3. The van der Waals surface area contributed by atoms with Crippen molar-refractivity contribution in [2.45, 2.75) is 26.8 Å². The Morgan fingerprint density at radius 1 is 1.33 bits per heavy atom. The van der Waals surface area contributed by atoms with Gasteiger partial charge in [0.15, 0.2) is 0 Å². The summed E-state index contributed by atoms with van der Waals surface area (Å²) in [7, 11) is 1.76. The van der Waals surface area contributed by atoms with Gasteiger partial charge in [0.1, 0.15) is 16.5 Å². The van der Waals surface area contributed by atoms with Gasteiger partial charge in [-0.1, -0.05) is 0 Å². The van der Waals surface area contributed by atoms with Gasteiger partial charge in [0.25, 0.3) is 0 Å². The molecule has 2 aromatic heterocycles. The monoisotopic (exact) mass is 306 g/mol. The zero-order valence-electron chi connectivity index (χ0n) is 13.1. The summed E-state index contributed by atoms with van der Waals surface area (Å²) in [4.78, 5) is 14.2. The van der Waals surface area contributed by atoms with Crippen LogP contribution in [0.1, 0.15) is 16.3 Å². The van der Waals surface area contributed by atoms with Gasteiger partial charge < -0.3 is 15.0 Å². The SMILES string of the molecule is COCC1CNCCN1c1nc(C)nc2sc(C)c(C)c12. The van der Waals surface area contributed by atoms with Crippen LogP contribution in [0.3, 0.4) is 0 Å². The summed E-state index contributed by atoms with van der Waals surface area (Å²) in [5, 5.41) is 4.65. The van der Waals surface area contributed by atoms with Crippen molar-refractivity contribution >= 4 is 27.4 Å². The lowest BCUT2D eigenvalue weighted by molar-refractivity contribution is 0.170. The van der Waals surface area contributed by atoms with E-state index in [-0.39, 0.29) is 0 Å². The summed E-state index contributed by atoms with van der Waals surface area (Å²) in [5.41, 5.74) is 1.31. The minimum absolute atomic E-state index is 0.320. The van der Waals surface area contributed by atoms with Gasteiger partial charge >= 0.3 is 0 Å². The second-order valence-corrected chi connectivity index (χ2v) is 6.77. The van der Waals surface area contributed by atoms with Gasteiger partial charge in [-0.2, -0.15) is 0 Å². The van der Waals surface area contributed by atoms with Gasteiger partial charge in [-0.15, -0.1) is 11.3 Å². The molecule has 5 nitrogen and oxygen atoms in total. The number of hydrogen-bond donors (Lipinski definition) is 1. The molecule has 0 amide bonds. The average molecular weight is 306 g/mol. The zero-order chi connectivity index (χ0) is 15.0. The molecule has 1 aliphatic rings. The third-order valence-corrected chi connectivity index (χ3v) is 5.20. The third-order valence-electron chi connectivity index (χ3n) is 4.10. The van der Waals surface area contributed by atoms with E-state index in [1.165, 1.54) is 15.8 Å². The van der Waals surface area contributed by atoms with E-state index < -0.39 is 0 Å². The van der Waals surface area contributed by atoms with Crippen molar-refractivity contribution in [3.63, 3.8) is 0 Å². The highest BCUT2D eigenvalue weighted by atomic mass is 32.1. The molecule has 3 rings (SSSR count). The predicted molar refractivity (Wildman–Crippen MR) is 87.5 cm³/mol. The minimum Gasteiger partial charge on any atom is -0.383 e. The van der Waals surface area contributed by atoms with Crippen LogP contribution in [0.25, 0.3) is 10.2 Å². The Morgan fingerprint density at radius 2 is 2.14 bits per heavy atom. The number of ether oxygens (including phenoxy) is 1. The third kappa shape index (κ3) is 2.63. The highest BCUT2D eigenvalue weighted by Gasteiger charge is 2.26. The Kier molecular flexibility index (Phi) is 4.10. The van der Waals surface area contributed by atoms with Gasteiger partial charge in [0, 0.05) is 31.6 Å². The maximum atomic E-state index is 5.39. The van der Waals surface area contributed by atoms with Gasteiger partial charge in [-0.3, -0.25) is 0 Å². The van der Waals surface area contributed by atoms with Crippen LogP contribution >= 0.6 is 11.3 Å². The fourth-order valence-corrected chi connectivity index (χ4v) is 3.99. The number of piperazine rings is 1. The van der Waals surface area contributed by atoms with Gasteiger partial charge in [0.2, 0.25) is 0 Å². The maximum absolute atomic E-state index is 5.39. The predicted octanol–water partition coefficient (Wildman–Crippen LogP) is 2.04. The molecular formula is C15H22N4OS. The van der Waals surface area contributed by atoms with Crippen LogP contribution in [-0.4, -0.2) is 49.4 Å². The smallest absolute Gasteiger partial charge is 0.141 e. The molecule has 1 saturated heterocycles. The molecule has 1 fully saturated rings. The summed E-state index contributed by atoms with van der Waals surface area (Å²) in [6.07, 6.45) is 0. The maximum Gasteiger partial charge on any atom is 0.141 e. The fourth-order valence-electron chi connectivity index (χ4n) is 2.92. The quantitative estimate of drug-likeness (QED) is 0.940. The molecule has 1 aliphatic heterocycles. The molecule has 114 valence electrons. The van der Waals surface area contributed by atoms with Gasteiger partial charge in [-0.05, 0) is 26.3 Å². The van der Waals surface area contributed by atoms with E-state index in [1.54, 1.807) is 18.4 Å². The molecule has 0 bridgehead atoms. The van der Waals surface area contributed by atoms with Crippen LogP contribution in [0, 0.1) is 20.8 Å². The lowest BCUT2D eigenvalue weighted by Gasteiger charge is -2.37. The molecule has 1 atom stereocenters. The van der Waals surface area contributed by atoms with Crippen molar-refractivity contribution in [2.75, 3.05) is 38.3 Å². The number of hydrogen-bond acceptors (Lipinski definition) is 6. The molecule has 0 aromatic carbocycles. The Labute approximate surface area is 129 Å². The number of fused-ring (bicyclic) bond motifs is 1. The summed E-state index contributed by atoms with van der Waals surface area (Å²) in [6, 6.07) is 0.320. The standard InChI is InChI=1S/C15H22N4OS/c1-9-10(2)21-15-13(9)14(17-11(3)18-15)19-6-5-16-7-12(19)8-20-4/h12,16H,5-8H2,1-4H3. The topological polar surface area (TPSA) is 50.3 Å². The number of thiophene rings is 1. The first-order valence-corrected chi connectivity index (χ1v) is 8.14. The van der Waals surface area contributed by atoms with Gasteiger partial charge in [0.05, 0.1) is 18.0 Å². The Bertz CT molecular complexity index is 653. The Hall–Kier alpha value is -1.24.